The standard InChI is InChI=1S/C11H14F3NO3/c1-17-9-4-8(5-15-6-9)10(16)2-3-18-7-11(12,13)14/h4-6,10,16H,2-3,7H2,1H3. The fourth-order valence-corrected chi connectivity index (χ4v) is 1.28. The number of aliphatic hydroxyl groups is 1. The molecule has 0 aromatic carbocycles. The van der Waals surface area contributed by atoms with Crippen molar-refractivity contribution in [2.24, 2.45) is 0 Å². The molecular weight excluding hydrogens is 251 g/mol. The normalized spacial score (nSPS) is 13.4. The molecule has 1 aromatic rings. The Bertz CT molecular complexity index is 371. The number of ether oxygens (including phenoxy) is 2. The minimum Gasteiger partial charge on any atom is -0.495 e. The van der Waals surface area contributed by atoms with E-state index < -0.39 is 18.9 Å². The Morgan fingerprint density at radius 2 is 2.11 bits per heavy atom. The lowest BCUT2D eigenvalue weighted by molar-refractivity contribution is -0.175. The van der Waals surface area contributed by atoms with Crippen LogP contribution in [0.2, 0.25) is 0 Å². The van der Waals surface area contributed by atoms with Crippen LogP contribution in [0.3, 0.4) is 0 Å². The third-order valence-corrected chi connectivity index (χ3v) is 2.16. The summed E-state index contributed by atoms with van der Waals surface area (Å²) in [6.45, 7) is -1.49. The van der Waals surface area contributed by atoms with E-state index in [1.807, 2.05) is 0 Å². The summed E-state index contributed by atoms with van der Waals surface area (Å²) in [7, 11) is 1.46. The quantitative estimate of drug-likeness (QED) is 0.800. The lowest BCUT2D eigenvalue weighted by Crippen LogP contribution is -2.18. The van der Waals surface area contributed by atoms with E-state index >= 15 is 0 Å². The maximum Gasteiger partial charge on any atom is 0.411 e. The van der Waals surface area contributed by atoms with Crippen LogP contribution in [-0.2, 0) is 4.74 Å². The molecule has 1 atom stereocenters. The van der Waals surface area contributed by atoms with Gasteiger partial charge in [-0.1, -0.05) is 0 Å². The van der Waals surface area contributed by atoms with Crippen molar-refractivity contribution >= 4 is 0 Å². The minimum atomic E-state index is -4.34. The van der Waals surface area contributed by atoms with Gasteiger partial charge >= 0.3 is 6.18 Å². The zero-order valence-corrected chi connectivity index (χ0v) is 9.78. The van der Waals surface area contributed by atoms with Gasteiger partial charge in [0, 0.05) is 24.8 Å². The van der Waals surface area contributed by atoms with Crippen LogP contribution in [-0.4, -0.2) is 36.6 Å². The van der Waals surface area contributed by atoms with E-state index in [2.05, 4.69) is 9.72 Å². The molecule has 1 heterocycles. The summed E-state index contributed by atoms with van der Waals surface area (Å²) in [5, 5.41) is 9.71. The lowest BCUT2D eigenvalue weighted by atomic mass is 10.1. The number of aromatic nitrogens is 1. The molecule has 0 amide bonds. The SMILES string of the molecule is COc1cncc(C(O)CCOCC(F)(F)F)c1. The highest BCUT2D eigenvalue weighted by atomic mass is 19.4. The maximum absolute atomic E-state index is 11.8. The number of aliphatic hydroxyl groups excluding tert-OH is 1. The van der Waals surface area contributed by atoms with Gasteiger partial charge < -0.3 is 14.6 Å². The third-order valence-electron chi connectivity index (χ3n) is 2.16. The van der Waals surface area contributed by atoms with Crippen LogP contribution in [0.4, 0.5) is 13.2 Å². The van der Waals surface area contributed by atoms with Crippen molar-refractivity contribution in [3.8, 4) is 5.75 Å². The number of methoxy groups -OCH3 is 1. The van der Waals surface area contributed by atoms with Crippen LogP contribution in [0.1, 0.15) is 18.1 Å². The molecule has 1 unspecified atom stereocenters. The Kier molecular flexibility index (Phi) is 5.36. The molecule has 0 bridgehead atoms. The summed E-state index contributed by atoms with van der Waals surface area (Å²) in [4.78, 5) is 3.84. The predicted molar refractivity (Wildman–Crippen MR) is 57.2 cm³/mol. The number of alkyl halides is 3. The number of hydrogen-bond acceptors (Lipinski definition) is 4. The Hall–Kier alpha value is -1.34. The van der Waals surface area contributed by atoms with Crippen molar-refractivity contribution in [2.45, 2.75) is 18.7 Å². The molecule has 0 aliphatic rings. The van der Waals surface area contributed by atoms with E-state index in [9.17, 15) is 18.3 Å². The van der Waals surface area contributed by atoms with E-state index in [1.165, 1.54) is 19.5 Å². The second-order valence-electron chi connectivity index (χ2n) is 3.63. The first-order valence-electron chi connectivity index (χ1n) is 5.24. The van der Waals surface area contributed by atoms with Gasteiger partial charge in [-0.15, -0.1) is 0 Å². The average molecular weight is 265 g/mol. The van der Waals surface area contributed by atoms with Crippen LogP contribution in [0.5, 0.6) is 5.75 Å². The number of rotatable bonds is 6. The van der Waals surface area contributed by atoms with Crippen molar-refractivity contribution in [3.63, 3.8) is 0 Å². The number of hydrogen-bond donors (Lipinski definition) is 1. The van der Waals surface area contributed by atoms with E-state index in [0.717, 1.165) is 0 Å². The van der Waals surface area contributed by atoms with Crippen LogP contribution in [0.25, 0.3) is 0 Å². The third kappa shape index (κ3) is 5.33. The molecular formula is C11H14F3NO3. The summed E-state index contributed by atoms with van der Waals surface area (Å²) < 4.78 is 44.7. The van der Waals surface area contributed by atoms with Gasteiger partial charge in [-0.05, 0) is 6.07 Å². The first-order valence-corrected chi connectivity index (χ1v) is 5.24. The van der Waals surface area contributed by atoms with Gasteiger partial charge in [0.05, 0.1) is 19.4 Å². The molecule has 0 aliphatic heterocycles. The summed E-state index contributed by atoms with van der Waals surface area (Å²) in [5.74, 6) is 0.475. The summed E-state index contributed by atoms with van der Waals surface area (Å²) in [6, 6.07) is 1.57. The first-order chi connectivity index (χ1) is 8.42. The Morgan fingerprint density at radius 3 is 2.72 bits per heavy atom. The van der Waals surface area contributed by atoms with E-state index in [1.54, 1.807) is 6.07 Å². The summed E-state index contributed by atoms with van der Waals surface area (Å²) in [6.07, 6.45) is -2.32. The van der Waals surface area contributed by atoms with Crippen molar-refractivity contribution < 1.29 is 27.8 Å². The average Bonchev–Trinajstić information content (AvgIpc) is 2.33. The van der Waals surface area contributed by atoms with Gasteiger partial charge in [-0.2, -0.15) is 13.2 Å². The van der Waals surface area contributed by atoms with Crippen molar-refractivity contribution in [3.05, 3.63) is 24.0 Å². The topological polar surface area (TPSA) is 51.6 Å². The molecule has 0 radical (unpaired) electrons. The monoisotopic (exact) mass is 265 g/mol. The Balaban J connectivity index is 2.38. The van der Waals surface area contributed by atoms with Crippen molar-refractivity contribution in [1.82, 2.24) is 4.98 Å². The highest BCUT2D eigenvalue weighted by Crippen LogP contribution is 2.20. The van der Waals surface area contributed by atoms with Gasteiger partial charge in [0.15, 0.2) is 0 Å². The molecule has 0 saturated carbocycles. The fraction of sp³-hybridized carbons (Fsp3) is 0.545. The first kappa shape index (κ1) is 14.7. The highest BCUT2D eigenvalue weighted by molar-refractivity contribution is 5.24. The van der Waals surface area contributed by atoms with E-state index in [-0.39, 0.29) is 13.0 Å². The van der Waals surface area contributed by atoms with E-state index in [4.69, 9.17) is 4.74 Å². The van der Waals surface area contributed by atoms with Gasteiger partial charge in [-0.3, -0.25) is 4.98 Å². The molecule has 18 heavy (non-hydrogen) atoms. The molecule has 0 saturated heterocycles. The van der Waals surface area contributed by atoms with Crippen LogP contribution in [0.15, 0.2) is 18.5 Å². The zero-order chi connectivity index (χ0) is 13.6. The Labute approximate surface area is 102 Å². The van der Waals surface area contributed by atoms with Crippen LogP contribution < -0.4 is 4.74 Å². The van der Waals surface area contributed by atoms with Crippen molar-refractivity contribution in [2.75, 3.05) is 20.3 Å². The second kappa shape index (κ2) is 6.55. The maximum atomic E-state index is 11.8. The van der Waals surface area contributed by atoms with Gasteiger partial charge in [0.25, 0.3) is 0 Å². The van der Waals surface area contributed by atoms with Gasteiger partial charge in [0.1, 0.15) is 12.4 Å². The molecule has 7 heteroatoms. The number of nitrogens with zero attached hydrogens (tertiary/aromatic N) is 1. The molecule has 1 rings (SSSR count). The fourth-order valence-electron chi connectivity index (χ4n) is 1.28. The second-order valence-corrected chi connectivity index (χ2v) is 3.63. The molecule has 0 aliphatic carbocycles. The summed E-state index contributed by atoms with van der Waals surface area (Å²) in [5.41, 5.74) is 0.477. The molecule has 4 nitrogen and oxygen atoms in total. The molecule has 0 spiro atoms. The Morgan fingerprint density at radius 1 is 1.39 bits per heavy atom. The van der Waals surface area contributed by atoms with Gasteiger partial charge in [0.2, 0.25) is 0 Å². The smallest absolute Gasteiger partial charge is 0.411 e. The van der Waals surface area contributed by atoms with Crippen LogP contribution in [0, 0.1) is 0 Å². The molecule has 1 N–H and O–H groups in total. The van der Waals surface area contributed by atoms with Crippen LogP contribution >= 0.6 is 0 Å². The zero-order valence-electron chi connectivity index (χ0n) is 9.78. The van der Waals surface area contributed by atoms with Gasteiger partial charge in [-0.25, -0.2) is 0 Å². The van der Waals surface area contributed by atoms with E-state index in [0.29, 0.717) is 11.3 Å². The largest absolute Gasteiger partial charge is 0.495 e. The van der Waals surface area contributed by atoms with Crippen molar-refractivity contribution in [1.29, 1.82) is 0 Å². The molecule has 1 aromatic heterocycles. The highest BCUT2D eigenvalue weighted by Gasteiger charge is 2.27. The minimum absolute atomic E-state index is 0.0604. The molecule has 102 valence electrons. The predicted octanol–water partition coefficient (Wildman–Crippen LogP) is 2.09. The number of halogens is 3. The summed E-state index contributed by atoms with van der Waals surface area (Å²) >= 11 is 0. The molecule has 0 fully saturated rings. The number of pyridine rings is 1. The lowest BCUT2D eigenvalue weighted by Gasteiger charge is -2.12.